The van der Waals surface area contributed by atoms with Crippen LogP contribution in [-0.2, 0) is 60.3 Å². The number of ketones is 1. The first-order chi connectivity index (χ1) is 27.2. The number of phosphoric acid groups is 3. The van der Waals surface area contributed by atoms with Crippen molar-refractivity contribution in [2.75, 3.05) is 37.8 Å². The van der Waals surface area contributed by atoms with Crippen LogP contribution in [0.4, 0.5) is 5.82 Å². The molecule has 0 aliphatic carbocycles. The summed E-state index contributed by atoms with van der Waals surface area (Å²) in [5, 5.41) is 43.5. The fraction of sp³-hybridized carbons (Fsp3) is 0.630. The zero-order valence-electron chi connectivity index (χ0n) is 30.8. The molecule has 1 fully saturated rings. The fourth-order valence-electron chi connectivity index (χ4n) is 4.92. The first-order valence-electron chi connectivity index (χ1n) is 16.7. The van der Waals surface area contributed by atoms with Crippen LogP contribution in [0, 0.1) is 5.41 Å². The van der Waals surface area contributed by atoms with Gasteiger partial charge in [0.05, 0.1) is 19.5 Å². The minimum atomic E-state index is -5.61. The summed E-state index contributed by atoms with van der Waals surface area (Å²) in [6.07, 6.45) is -10.5. The Morgan fingerprint density at radius 2 is 1.68 bits per heavy atom. The predicted octanol–water partition coefficient (Wildman–Crippen LogP) is -2.54. The van der Waals surface area contributed by atoms with E-state index in [9.17, 15) is 72.6 Å². The van der Waals surface area contributed by atoms with E-state index in [1.807, 2.05) is 0 Å². The quantitative estimate of drug-likeness (QED) is 0.0293. The number of Topliss-reactive ketones (excluding diaryl/α,β-unsaturated/α-hetero) is 1. The second-order valence-corrected chi connectivity index (χ2v) is 18.4. The maximum Gasteiger partial charge on any atom is 0.481 e. The summed E-state index contributed by atoms with van der Waals surface area (Å²) in [6.45, 7) is -0.101. The molecule has 2 aromatic rings. The summed E-state index contributed by atoms with van der Waals surface area (Å²) in [7, 11) is -16.5. The lowest BCUT2D eigenvalue weighted by Gasteiger charge is -2.30. The molecule has 12 N–H and O–H groups in total. The number of fused-ring (bicyclic) bond motifs is 1. The Morgan fingerprint density at radius 3 is 2.32 bits per heavy atom. The lowest BCUT2D eigenvalue weighted by Crippen LogP contribution is -2.46. The summed E-state index contributed by atoms with van der Waals surface area (Å²) >= 11 is 0.590. The van der Waals surface area contributed by atoms with Gasteiger partial charge in [-0.3, -0.25) is 42.1 Å². The van der Waals surface area contributed by atoms with E-state index >= 15 is 0 Å². The number of ether oxygens (including phenoxy) is 1. The van der Waals surface area contributed by atoms with Crippen molar-refractivity contribution in [2.24, 2.45) is 5.41 Å². The molecular formula is C27H42N7O21P3S. The number of anilines is 1. The Bertz CT molecular complexity index is 2000. The maximum absolute atomic E-state index is 12.7. The summed E-state index contributed by atoms with van der Waals surface area (Å²) in [5.74, 6) is -4.00. The van der Waals surface area contributed by atoms with Gasteiger partial charge in [0, 0.05) is 37.1 Å². The molecule has 0 aromatic carbocycles. The Labute approximate surface area is 336 Å². The number of nitrogen functional groups attached to an aromatic ring is 1. The molecule has 59 heavy (non-hydrogen) atoms. The van der Waals surface area contributed by atoms with E-state index < -0.39 is 120 Å². The zero-order chi connectivity index (χ0) is 44.5. The minimum Gasteiger partial charge on any atom is -0.481 e. The van der Waals surface area contributed by atoms with E-state index in [1.165, 1.54) is 13.8 Å². The monoisotopic (exact) mass is 925 g/mol. The topological polar surface area (TPSA) is 438 Å². The molecular weight excluding hydrogens is 883 g/mol. The molecule has 3 heterocycles. The molecule has 2 aromatic heterocycles. The Kier molecular flexibility index (Phi) is 17.8. The predicted molar refractivity (Wildman–Crippen MR) is 195 cm³/mol. The van der Waals surface area contributed by atoms with Crippen LogP contribution in [0.15, 0.2) is 12.7 Å². The number of rotatable bonds is 24. The molecule has 1 saturated heterocycles. The third-order valence-corrected chi connectivity index (χ3v) is 11.9. The number of aliphatic hydroxyl groups is 3. The van der Waals surface area contributed by atoms with Crippen LogP contribution in [0.1, 0.15) is 39.3 Å². The third kappa shape index (κ3) is 15.6. The summed E-state index contributed by atoms with van der Waals surface area (Å²) < 4.78 is 61.9. The van der Waals surface area contributed by atoms with Gasteiger partial charge in [-0.25, -0.2) is 28.6 Å². The number of carbonyl (C=O) groups excluding carboxylic acids is 4. The molecule has 32 heteroatoms. The number of aliphatic hydroxyl groups excluding tert-OH is 3. The normalized spacial score (nSPS) is 21.6. The molecule has 0 spiro atoms. The third-order valence-electron chi connectivity index (χ3n) is 7.79. The van der Waals surface area contributed by atoms with Crippen molar-refractivity contribution in [3.8, 4) is 0 Å². The largest absolute Gasteiger partial charge is 0.481 e. The van der Waals surface area contributed by atoms with Gasteiger partial charge in [0.1, 0.15) is 54.6 Å². The molecule has 28 nitrogen and oxygen atoms in total. The van der Waals surface area contributed by atoms with E-state index in [4.69, 9.17) is 24.6 Å². The molecule has 8 atom stereocenters. The van der Waals surface area contributed by atoms with E-state index in [2.05, 4.69) is 34.4 Å². The summed E-state index contributed by atoms with van der Waals surface area (Å²) in [6, 6.07) is 0. The number of phosphoric ester groups is 3. The van der Waals surface area contributed by atoms with Crippen LogP contribution >= 0.6 is 35.2 Å². The van der Waals surface area contributed by atoms with E-state index in [0.29, 0.717) is 11.8 Å². The number of imidazole rings is 1. The Balaban J connectivity index is 1.46. The highest BCUT2D eigenvalue weighted by molar-refractivity contribution is 8.13. The first kappa shape index (κ1) is 50.0. The van der Waals surface area contributed by atoms with E-state index in [0.717, 1.165) is 17.2 Å². The molecule has 1 aliphatic rings. The summed E-state index contributed by atoms with van der Waals surface area (Å²) in [4.78, 5) is 109. The number of nitrogens with one attached hydrogen (secondary N) is 2. The number of carbonyl (C=O) groups is 5. The number of carboxylic acids is 1. The van der Waals surface area contributed by atoms with Crippen molar-refractivity contribution in [3.05, 3.63) is 12.7 Å². The molecule has 1 aliphatic heterocycles. The molecule has 0 radical (unpaired) electrons. The number of aliphatic carboxylic acids is 1. The average Bonchev–Trinajstić information content (AvgIpc) is 3.67. The highest BCUT2D eigenvalue weighted by Gasteiger charge is 2.50. The number of carboxylic acid groups (broad SMARTS) is 1. The molecule has 0 saturated carbocycles. The lowest BCUT2D eigenvalue weighted by molar-refractivity contribution is -0.141. The van der Waals surface area contributed by atoms with E-state index in [1.54, 1.807) is 0 Å². The number of nitrogens with zero attached hydrogens (tertiary/aromatic N) is 4. The number of amides is 2. The van der Waals surface area contributed by atoms with Gasteiger partial charge in [-0.05, 0) is 0 Å². The Morgan fingerprint density at radius 1 is 1.02 bits per heavy atom. The van der Waals surface area contributed by atoms with Gasteiger partial charge in [-0.1, -0.05) is 25.6 Å². The van der Waals surface area contributed by atoms with Crippen molar-refractivity contribution < 1.29 is 100 Å². The number of aromatic nitrogens is 4. The van der Waals surface area contributed by atoms with Crippen molar-refractivity contribution in [1.82, 2.24) is 30.2 Å². The van der Waals surface area contributed by atoms with Gasteiger partial charge in [-0.15, -0.1) is 0 Å². The zero-order valence-corrected chi connectivity index (χ0v) is 34.3. The van der Waals surface area contributed by atoms with Crippen molar-refractivity contribution >= 4 is 80.9 Å². The number of thioether (sulfide) groups is 1. The van der Waals surface area contributed by atoms with Crippen LogP contribution in [0.2, 0.25) is 0 Å². The second-order valence-electron chi connectivity index (χ2n) is 13.1. The smallest absolute Gasteiger partial charge is 0.481 e. The van der Waals surface area contributed by atoms with Crippen LogP contribution in [0.5, 0.6) is 0 Å². The van der Waals surface area contributed by atoms with Crippen molar-refractivity contribution in [1.29, 1.82) is 0 Å². The number of nitrogens with two attached hydrogens (primary N) is 1. The lowest BCUT2D eigenvalue weighted by atomic mass is 9.87. The average molecular weight is 926 g/mol. The van der Waals surface area contributed by atoms with Crippen molar-refractivity contribution in [3.63, 3.8) is 0 Å². The van der Waals surface area contributed by atoms with Gasteiger partial charge in [0.25, 0.3) is 0 Å². The number of hydrogen-bond donors (Lipinski definition) is 11. The van der Waals surface area contributed by atoms with Crippen LogP contribution in [0.3, 0.4) is 0 Å². The molecule has 0 bridgehead atoms. The SMILES string of the molecule is CC(C)(COP(=O)(O)OP(=O)(O)OC[C@H]1O[C@@H](n2cnc3c(N)ncnc32)[C@H](O)[C@@H]1OP(=O)(O)O)C(O)C(=O)NCCC(=O)NCCSC(=O)C(O)CC(=O)CC(=O)O. The number of hydrogen-bond acceptors (Lipinski definition) is 21. The van der Waals surface area contributed by atoms with Gasteiger partial charge in [0.15, 0.2) is 17.7 Å². The summed E-state index contributed by atoms with van der Waals surface area (Å²) in [5.41, 5.74) is 4.14. The van der Waals surface area contributed by atoms with Crippen LogP contribution < -0.4 is 16.4 Å². The van der Waals surface area contributed by atoms with Crippen molar-refractivity contribution in [2.45, 2.75) is 69.9 Å². The molecule has 2 amide bonds. The minimum absolute atomic E-state index is 0.00855. The van der Waals surface area contributed by atoms with Crippen LogP contribution in [0.25, 0.3) is 11.2 Å². The van der Waals surface area contributed by atoms with E-state index in [-0.39, 0.29) is 42.2 Å². The van der Waals surface area contributed by atoms with Gasteiger partial charge in [0.2, 0.25) is 16.9 Å². The van der Waals surface area contributed by atoms with Gasteiger partial charge < -0.3 is 61.1 Å². The second kappa shape index (κ2) is 21.0. The van der Waals surface area contributed by atoms with Crippen LogP contribution in [-0.4, -0.2) is 151 Å². The Hall–Kier alpha value is -3.34. The molecule has 3 rings (SSSR count). The standard InChI is InChI=1S/C27H42N7O21P3S/c1-27(2,21(41)24(42)30-4-3-16(37)29-5-6-59-26(43)14(36)7-13(35)8-17(38)39)10-52-58(49,50)55-57(47,48)51-9-15-20(54-56(44,45)46)19(40)25(53-15)34-12-33-18-22(28)31-11-32-23(18)34/h11-12,14-15,19-21,25,36,40-41H,3-10H2,1-2H3,(H,29,37)(H,30,42)(H,38,39)(H,47,48)(H,49,50)(H2,28,31,32)(H2,44,45,46)/t14?,15-,19-,20-,21?,25-/m1/s1. The fourth-order valence-corrected chi connectivity index (χ4v) is 8.43. The van der Waals surface area contributed by atoms with Gasteiger partial charge in [-0.2, -0.15) is 4.31 Å². The first-order valence-corrected chi connectivity index (χ1v) is 22.2. The highest BCUT2D eigenvalue weighted by Crippen LogP contribution is 2.61. The molecule has 4 unspecified atom stereocenters. The highest BCUT2D eigenvalue weighted by atomic mass is 32.2. The maximum atomic E-state index is 12.7. The molecule has 332 valence electrons. The van der Waals surface area contributed by atoms with Gasteiger partial charge >= 0.3 is 29.4 Å².